The fraction of sp³-hybridized carbons (Fsp3) is 0.489. The summed E-state index contributed by atoms with van der Waals surface area (Å²) in [4.78, 5) is 23.1. The molecule has 2 N–H and O–H groups in total. The number of likely N-dealkylation sites (N-methyl/N-ethyl adjacent to an activating group) is 1. The standard InChI is InChI=1S/C47H60N2O8S/c1-7-27-54-47-42(49(5)45(52)53-31-32-15-9-8-10-16-32)30-40(48-57-46(2,3)4)38-28-33(17-11-13-25-50)37(18-12-14-26-51)43(44(38)47)39-29-35(21-24-41(39)56-47)55-34-19-22-36(58-6)23-20-34/h7-10,15-16,19-24,28-29,33,37,42-44,50-51H,1,11-14,17-18,25-27,30-31H2,2-6H3. The molecule has 10 nitrogen and oxygen atoms in total. The predicted octanol–water partition coefficient (Wildman–Crippen LogP) is 9.90. The molecule has 6 unspecified atom stereocenters. The Bertz CT molecular complexity index is 1890. The molecule has 0 saturated heterocycles. The van der Waals surface area contributed by atoms with E-state index in [0.717, 1.165) is 58.7 Å². The number of hydrogen-bond donors (Lipinski definition) is 2. The quantitative estimate of drug-likeness (QED) is 0.0560. The van der Waals surface area contributed by atoms with E-state index in [1.165, 1.54) is 0 Å². The monoisotopic (exact) mass is 812 g/mol. The molecule has 1 aliphatic heterocycles. The second kappa shape index (κ2) is 19.6. The maximum absolute atomic E-state index is 14.1. The molecule has 6 atom stereocenters. The molecule has 0 spiro atoms. The molecule has 11 heteroatoms. The van der Waals surface area contributed by atoms with Crippen LogP contribution in [0.15, 0.2) is 107 Å². The first kappa shape index (κ1) is 43.3. The number of carbonyl (C=O) groups is 1. The molecule has 2 aliphatic carbocycles. The van der Waals surface area contributed by atoms with Crippen molar-refractivity contribution in [3.05, 3.63) is 108 Å². The van der Waals surface area contributed by atoms with Gasteiger partial charge in [-0.3, -0.25) is 0 Å². The van der Waals surface area contributed by atoms with Crippen LogP contribution in [0, 0.1) is 17.8 Å². The van der Waals surface area contributed by atoms with E-state index in [0.29, 0.717) is 24.3 Å². The van der Waals surface area contributed by atoms with Gasteiger partial charge in [-0.2, -0.15) is 0 Å². The molecule has 0 radical (unpaired) electrons. The minimum absolute atomic E-state index is 0.0864. The lowest BCUT2D eigenvalue weighted by Crippen LogP contribution is -2.69. The smallest absolute Gasteiger partial charge is 0.410 e. The highest BCUT2D eigenvalue weighted by molar-refractivity contribution is 7.98. The highest BCUT2D eigenvalue weighted by Crippen LogP contribution is 2.62. The van der Waals surface area contributed by atoms with Crippen molar-refractivity contribution in [3.63, 3.8) is 0 Å². The second-order valence-corrected chi connectivity index (χ2v) is 17.3. The molecule has 0 aromatic heterocycles. The largest absolute Gasteiger partial charge is 0.459 e. The summed E-state index contributed by atoms with van der Waals surface area (Å²) in [6, 6.07) is 22.9. The Hall–Kier alpha value is -4.29. The number of thioether (sulfide) groups is 1. The Morgan fingerprint density at radius 1 is 1.00 bits per heavy atom. The van der Waals surface area contributed by atoms with Gasteiger partial charge in [-0.15, -0.1) is 18.3 Å². The molecule has 58 heavy (non-hydrogen) atoms. The Morgan fingerprint density at radius 2 is 1.71 bits per heavy atom. The fourth-order valence-corrected chi connectivity index (χ4v) is 9.12. The molecular weight excluding hydrogens is 753 g/mol. The van der Waals surface area contributed by atoms with Crippen LogP contribution in [0.5, 0.6) is 17.2 Å². The number of allylic oxidation sites excluding steroid dienone is 1. The Balaban J connectivity index is 1.53. The summed E-state index contributed by atoms with van der Waals surface area (Å²) in [5.41, 5.74) is 2.98. The maximum Gasteiger partial charge on any atom is 0.410 e. The molecule has 3 aliphatic rings. The number of nitrogens with zero attached hydrogens (tertiary/aromatic N) is 2. The van der Waals surface area contributed by atoms with Gasteiger partial charge in [-0.1, -0.05) is 60.5 Å². The van der Waals surface area contributed by atoms with Crippen LogP contribution in [-0.2, 0) is 20.9 Å². The van der Waals surface area contributed by atoms with Crippen LogP contribution in [0.1, 0.15) is 82.8 Å². The first-order valence-corrected chi connectivity index (χ1v) is 21.8. The van der Waals surface area contributed by atoms with Crippen molar-refractivity contribution in [1.29, 1.82) is 0 Å². The van der Waals surface area contributed by atoms with Gasteiger partial charge in [0.1, 0.15) is 35.5 Å². The number of oxime groups is 1. The van der Waals surface area contributed by atoms with Crippen molar-refractivity contribution in [2.24, 2.45) is 22.9 Å². The Kier molecular flexibility index (Phi) is 14.7. The molecular formula is C47H60N2O8S. The lowest BCUT2D eigenvalue weighted by molar-refractivity contribution is -0.253. The van der Waals surface area contributed by atoms with Gasteiger partial charge in [0.15, 0.2) is 0 Å². The molecule has 1 heterocycles. The maximum atomic E-state index is 14.1. The summed E-state index contributed by atoms with van der Waals surface area (Å²) in [5, 5.41) is 24.7. The van der Waals surface area contributed by atoms with Crippen molar-refractivity contribution in [3.8, 4) is 17.2 Å². The number of unbranched alkanes of at least 4 members (excludes halogenated alkanes) is 2. The number of hydrogen-bond acceptors (Lipinski definition) is 10. The van der Waals surface area contributed by atoms with Crippen molar-refractivity contribution in [1.82, 2.24) is 4.90 Å². The van der Waals surface area contributed by atoms with Gasteiger partial charge in [0.05, 0.1) is 18.2 Å². The topological polar surface area (TPSA) is 119 Å². The number of ether oxygens (including phenoxy) is 4. The highest BCUT2D eigenvalue weighted by Gasteiger charge is 2.65. The van der Waals surface area contributed by atoms with Crippen molar-refractivity contribution in [2.75, 3.05) is 33.1 Å². The van der Waals surface area contributed by atoms with Gasteiger partial charge in [-0.25, -0.2) is 4.79 Å². The molecule has 3 aromatic rings. The van der Waals surface area contributed by atoms with Crippen LogP contribution in [0.25, 0.3) is 0 Å². The van der Waals surface area contributed by atoms with Crippen molar-refractivity contribution >= 4 is 23.6 Å². The van der Waals surface area contributed by atoms with E-state index < -0.39 is 29.4 Å². The summed E-state index contributed by atoms with van der Waals surface area (Å²) in [6.07, 6.45) is 10.6. The third-order valence-electron chi connectivity index (χ3n) is 11.3. The third kappa shape index (κ3) is 9.93. The van der Waals surface area contributed by atoms with E-state index in [-0.39, 0.29) is 50.6 Å². The number of aliphatic hydroxyl groups excluding tert-OH is 2. The van der Waals surface area contributed by atoms with Gasteiger partial charge in [0, 0.05) is 43.1 Å². The van der Waals surface area contributed by atoms with Crippen LogP contribution in [0.4, 0.5) is 4.79 Å². The minimum atomic E-state index is -1.37. The molecule has 1 amide bonds. The van der Waals surface area contributed by atoms with Gasteiger partial charge < -0.3 is 38.9 Å². The molecule has 1 fully saturated rings. The number of aliphatic hydroxyl groups is 2. The van der Waals surface area contributed by atoms with Crippen molar-refractivity contribution < 1.29 is 38.8 Å². The molecule has 1 saturated carbocycles. The van der Waals surface area contributed by atoms with E-state index in [1.54, 1.807) is 29.8 Å². The summed E-state index contributed by atoms with van der Waals surface area (Å²) in [7, 11) is 1.74. The van der Waals surface area contributed by atoms with Crippen LogP contribution in [-0.4, -0.2) is 77.5 Å². The van der Waals surface area contributed by atoms with Crippen LogP contribution < -0.4 is 9.47 Å². The van der Waals surface area contributed by atoms with E-state index in [2.05, 4.69) is 18.7 Å². The average molecular weight is 813 g/mol. The first-order chi connectivity index (χ1) is 28.0. The zero-order valence-electron chi connectivity index (χ0n) is 34.6. The van der Waals surface area contributed by atoms with E-state index in [9.17, 15) is 15.0 Å². The van der Waals surface area contributed by atoms with Crippen LogP contribution in [0.3, 0.4) is 0 Å². The zero-order chi connectivity index (χ0) is 41.3. The van der Waals surface area contributed by atoms with Gasteiger partial charge in [0.2, 0.25) is 5.79 Å². The number of benzene rings is 3. The first-order valence-electron chi connectivity index (χ1n) is 20.5. The fourth-order valence-electron chi connectivity index (χ4n) is 8.71. The number of rotatable bonds is 18. The number of fused-ring (bicyclic) bond motifs is 2. The minimum Gasteiger partial charge on any atom is -0.459 e. The summed E-state index contributed by atoms with van der Waals surface area (Å²) < 4.78 is 26.7. The van der Waals surface area contributed by atoms with Crippen LogP contribution >= 0.6 is 11.8 Å². The third-order valence-corrected chi connectivity index (χ3v) is 12.1. The summed E-state index contributed by atoms with van der Waals surface area (Å²) in [5.74, 6) is 0.271. The second-order valence-electron chi connectivity index (χ2n) is 16.4. The van der Waals surface area contributed by atoms with Crippen LogP contribution in [0.2, 0.25) is 0 Å². The molecule has 3 aromatic carbocycles. The lowest BCUT2D eigenvalue weighted by Gasteiger charge is -2.59. The van der Waals surface area contributed by atoms with Crippen molar-refractivity contribution in [2.45, 2.75) is 101 Å². The van der Waals surface area contributed by atoms with Gasteiger partial charge >= 0.3 is 6.09 Å². The number of amides is 1. The average Bonchev–Trinajstić information content (AvgIpc) is 3.22. The normalized spacial score (nSPS) is 24.2. The zero-order valence-corrected chi connectivity index (χ0v) is 35.4. The van der Waals surface area contributed by atoms with Gasteiger partial charge in [0.25, 0.3) is 0 Å². The van der Waals surface area contributed by atoms with Gasteiger partial charge in [-0.05, 0) is 118 Å². The number of carbonyl (C=O) groups excluding carboxylic acids is 1. The van der Waals surface area contributed by atoms with E-state index in [1.807, 2.05) is 93.8 Å². The molecule has 6 rings (SSSR count). The Morgan fingerprint density at radius 3 is 2.38 bits per heavy atom. The van der Waals surface area contributed by atoms with E-state index >= 15 is 0 Å². The molecule has 0 bridgehead atoms. The summed E-state index contributed by atoms with van der Waals surface area (Å²) in [6.45, 7) is 10.4. The predicted molar refractivity (Wildman–Crippen MR) is 228 cm³/mol. The lowest BCUT2D eigenvalue weighted by atomic mass is 9.55. The highest BCUT2D eigenvalue weighted by atomic mass is 32.2. The Labute approximate surface area is 348 Å². The summed E-state index contributed by atoms with van der Waals surface area (Å²) >= 11 is 1.68. The van der Waals surface area contributed by atoms with E-state index in [4.69, 9.17) is 28.9 Å². The molecule has 312 valence electrons. The SMILES string of the molecule is C=CCOC12Oc3ccc(Oc4ccc(SC)cc4)cc3C3C(CCCCO)C(CCCCO)C=C(C(=NOC(C)(C)C)CC1N(C)C(=O)OCc1ccccc1)C32.